The van der Waals surface area contributed by atoms with Crippen LogP contribution >= 0.6 is 45.9 Å². The summed E-state index contributed by atoms with van der Waals surface area (Å²) in [6.07, 6.45) is 6.12. The fraction of sp³-hybridized carbons (Fsp3) is 0.478. The molecule has 0 spiro atoms. The Morgan fingerprint density at radius 2 is 1.14 bits per heavy atom. The Kier molecular flexibility index (Phi) is 14.9. The van der Waals surface area contributed by atoms with E-state index in [9.17, 15) is 9.59 Å². The number of rotatable bonds is 8. The number of ether oxygens (including phenoxy) is 4. The van der Waals surface area contributed by atoms with E-state index in [1.165, 1.54) is 22.7 Å². The zero-order valence-electron chi connectivity index (χ0n) is 38.9. The van der Waals surface area contributed by atoms with E-state index in [1.807, 2.05) is 123 Å². The number of benzene rings is 2. The quantitative estimate of drug-likeness (QED) is 0.142. The number of halogens is 2. The molecule has 0 saturated heterocycles. The van der Waals surface area contributed by atoms with Crippen LogP contribution in [0.5, 0.6) is 11.5 Å². The second kappa shape index (κ2) is 20.3. The van der Waals surface area contributed by atoms with Crippen molar-refractivity contribution in [2.75, 3.05) is 26.2 Å². The van der Waals surface area contributed by atoms with Gasteiger partial charge in [-0.25, -0.2) is 19.0 Å². The van der Waals surface area contributed by atoms with Crippen molar-refractivity contribution in [1.29, 1.82) is 0 Å². The highest BCUT2D eigenvalue weighted by Gasteiger charge is 2.28. The zero-order chi connectivity index (χ0) is 47.5. The summed E-state index contributed by atoms with van der Waals surface area (Å²) in [5.41, 5.74) is 4.95. The van der Waals surface area contributed by atoms with Gasteiger partial charge in [0.25, 0.3) is 0 Å². The first-order chi connectivity index (χ1) is 31.2. The molecule has 0 aliphatic carbocycles. The maximum absolute atomic E-state index is 12.5. The molecule has 0 N–H and O–H groups in total. The van der Waals surface area contributed by atoms with Crippen LogP contribution in [0.1, 0.15) is 91.8 Å². The predicted molar refractivity (Wildman–Crippen MR) is 257 cm³/mol. The summed E-state index contributed by atoms with van der Waals surface area (Å²) in [6, 6.07) is 11.2. The monoisotopic (exact) mass is 978 g/mol. The molecule has 352 valence electrons. The highest BCUT2D eigenvalue weighted by atomic mass is 35.5. The second-order valence-corrected chi connectivity index (χ2v) is 21.1. The van der Waals surface area contributed by atoms with Crippen LogP contribution in [0, 0.1) is 0 Å². The van der Waals surface area contributed by atoms with E-state index < -0.39 is 11.2 Å². The number of hydrogen-bond acceptors (Lipinski definition) is 14. The second-order valence-electron chi connectivity index (χ2n) is 18.4. The Morgan fingerprint density at radius 3 is 1.65 bits per heavy atom. The molecule has 6 aromatic rings. The Labute approximate surface area is 403 Å². The van der Waals surface area contributed by atoms with Crippen LogP contribution in [0.3, 0.4) is 0 Å². The molecule has 20 heteroatoms. The van der Waals surface area contributed by atoms with Gasteiger partial charge in [0.15, 0.2) is 0 Å². The number of carbonyl (C=O) groups is 2. The van der Waals surface area contributed by atoms with Crippen LogP contribution in [-0.2, 0) is 35.2 Å². The molecule has 4 aromatic heterocycles. The van der Waals surface area contributed by atoms with E-state index in [2.05, 4.69) is 25.5 Å². The van der Waals surface area contributed by atoms with Crippen LogP contribution in [0.25, 0.3) is 31.4 Å². The van der Waals surface area contributed by atoms with E-state index in [1.54, 1.807) is 14.5 Å². The number of carbonyl (C=O) groups excluding carboxylic acids is 2. The van der Waals surface area contributed by atoms with Crippen molar-refractivity contribution in [2.45, 2.75) is 118 Å². The van der Waals surface area contributed by atoms with E-state index in [4.69, 9.17) is 47.2 Å². The molecule has 0 fully saturated rings. The first-order valence-electron chi connectivity index (χ1n) is 21.9. The van der Waals surface area contributed by atoms with Crippen molar-refractivity contribution in [3.63, 3.8) is 0 Å². The lowest BCUT2D eigenvalue weighted by Crippen LogP contribution is -2.38. The number of amides is 2. The van der Waals surface area contributed by atoms with Gasteiger partial charge in [-0.3, -0.25) is 0 Å². The Bertz CT molecular complexity index is 2630. The minimum Gasteiger partial charge on any atom is -0.489 e. The highest BCUT2D eigenvalue weighted by Crippen LogP contribution is 2.35. The Morgan fingerprint density at radius 1 is 0.652 bits per heavy atom. The highest BCUT2D eigenvalue weighted by molar-refractivity contribution is 7.17. The van der Waals surface area contributed by atoms with Crippen molar-refractivity contribution < 1.29 is 28.5 Å². The summed E-state index contributed by atoms with van der Waals surface area (Å²) in [5, 5.41) is 30.6. The lowest BCUT2D eigenvalue weighted by Gasteiger charge is -2.26. The molecular formula is C46H56Cl2N10O6S2. The normalized spacial score (nSPS) is 14.2. The molecule has 6 heterocycles. The SMILES string of the molecule is CC(C)Oc1ccc(-c2nnc(-n3cc4c(n3)CCN(C(=O)OC(C)(C)C)CC4)s2)cc1Cl.CC(C)Oc1ccc(-c2nnc(-n3ncc4c3CCN(C(=O)OC(C)(C)C)CC4)s2)cc1Cl. The summed E-state index contributed by atoms with van der Waals surface area (Å²) in [7, 11) is 0. The summed E-state index contributed by atoms with van der Waals surface area (Å²) in [4.78, 5) is 28.4. The molecule has 66 heavy (non-hydrogen) atoms. The Hall–Kier alpha value is -5.30. The summed E-state index contributed by atoms with van der Waals surface area (Å²) in [6.45, 7) is 21.4. The van der Waals surface area contributed by atoms with Gasteiger partial charge in [-0.15, -0.1) is 20.4 Å². The maximum atomic E-state index is 12.5. The number of hydrogen-bond donors (Lipinski definition) is 0. The van der Waals surface area contributed by atoms with Crippen molar-refractivity contribution in [3.05, 3.63) is 81.4 Å². The van der Waals surface area contributed by atoms with Crippen molar-refractivity contribution >= 4 is 58.1 Å². The molecule has 0 radical (unpaired) electrons. The molecule has 0 bridgehead atoms. The lowest BCUT2D eigenvalue weighted by molar-refractivity contribution is 0.0247. The first-order valence-corrected chi connectivity index (χ1v) is 24.3. The molecule has 0 unspecified atom stereocenters. The topological polar surface area (TPSA) is 165 Å². The van der Waals surface area contributed by atoms with Gasteiger partial charge >= 0.3 is 12.2 Å². The van der Waals surface area contributed by atoms with E-state index in [0.717, 1.165) is 43.7 Å². The summed E-state index contributed by atoms with van der Waals surface area (Å²) >= 11 is 15.7. The van der Waals surface area contributed by atoms with Gasteiger partial charge in [0.2, 0.25) is 10.3 Å². The smallest absolute Gasteiger partial charge is 0.410 e. The Balaban J connectivity index is 0.000000196. The molecule has 2 amide bonds. The predicted octanol–water partition coefficient (Wildman–Crippen LogP) is 10.3. The fourth-order valence-corrected chi connectivity index (χ4v) is 9.10. The van der Waals surface area contributed by atoms with Gasteiger partial charge in [-0.05, 0) is 130 Å². The number of aromatic nitrogens is 8. The van der Waals surface area contributed by atoms with E-state index >= 15 is 0 Å². The molecule has 16 nitrogen and oxygen atoms in total. The van der Waals surface area contributed by atoms with Crippen molar-refractivity contribution in [3.8, 4) is 42.9 Å². The van der Waals surface area contributed by atoms with Gasteiger partial charge in [-0.1, -0.05) is 45.9 Å². The number of fused-ring (bicyclic) bond motifs is 2. The largest absolute Gasteiger partial charge is 0.489 e. The lowest BCUT2D eigenvalue weighted by atomic mass is 10.2. The molecule has 2 aromatic carbocycles. The minimum atomic E-state index is -0.516. The molecule has 2 aliphatic heterocycles. The standard InChI is InChI=1S/2C23H28ClN5O3S/c1-14(2)31-19-7-6-15(12-17(19)24)20-25-26-21(33-20)29-13-16-8-10-28(11-9-18(16)27-29)22(30)32-23(3,4)5;1-14(2)31-19-7-6-15(12-17(19)24)20-26-27-21(33-20)29-18-9-11-28(10-8-16(18)13-25-29)22(30)32-23(3,4)5/h2*6-7,12-14H,8-11H2,1-5H3. The van der Waals surface area contributed by atoms with Crippen LogP contribution in [0.4, 0.5) is 9.59 Å². The third-order valence-electron chi connectivity index (χ3n) is 9.96. The molecule has 2 aliphatic rings. The third kappa shape index (κ3) is 12.4. The van der Waals surface area contributed by atoms with Crippen LogP contribution in [-0.4, -0.2) is 112 Å². The van der Waals surface area contributed by atoms with Crippen LogP contribution in [0.15, 0.2) is 48.8 Å². The minimum absolute atomic E-state index is 0.0443. The third-order valence-corrected chi connectivity index (χ3v) is 12.5. The van der Waals surface area contributed by atoms with Gasteiger partial charge in [0.1, 0.15) is 32.7 Å². The molecular weight excluding hydrogens is 924 g/mol. The van der Waals surface area contributed by atoms with E-state index in [-0.39, 0.29) is 24.4 Å². The zero-order valence-corrected chi connectivity index (χ0v) is 42.1. The molecule has 0 saturated carbocycles. The van der Waals surface area contributed by atoms with Crippen LogP contribution in [0.2, 0.25) is 10.0 Å². The number of nitrogens with zero attached hydrogens (tertiary/aromatic N) is 10. The van der Waals surface area contributed by atoms with E-state index in [0.29, 0.717) is 83.7 Å². The summed E-state index contributed by atoms with van der Waals surface area (Å²) < 4.78 is 26.1. The van der Waals surface area contributed by atoms with Gasteiger partial charge in [0.05, 0.1) is 39.8 Å². The van der Waals surface area contributed by atoms with Crippen molar-refractivity contribution in [2.24, 2.45) is 0 Å². The molecule has 8 rings (SSSR count). The van der Waals surface area contributed by atoms with Crippen molar-refractivity contribution in [1.82, 2.24) is 49.8 Å². The summed E-state index contributed by atoms with van der Waals surface area (Å²) in [5.74, 6) is 1.29. The van der Waals surface area contributed by atoms with Gasteiger partial charge in [-0.2, -0.15) is 10.2 Å². The van der Waals surface area contributed by atoms with Crippen LogP contribution < -0.4 is 9.47 Å². The van der Waals surface area contributed by atoms with Gasteiger partial charge in [0, 0.05) is 56.3 Å². The maximum Gasteiger partial charge on any atom is 0.410 e. The average Bonchev–Trinajstić information content (AvgIpc) is 4.02. The first kappa shape index (κ1) is 48.6. The average molecular weight is 980 g/mol. The molecule has 0 atom stereocenters. The van der Waals surface area contributed by atoms with Gasteiger partial charge < -0.3 is 28.7 Å². The fourth-order valence-electron chi connectivity index (χ4n) is 7.05.